The van der Waals surface area contributed by atoms with Gasteiger partial charge in [-0.3, -0.25) is 0 Å². The summed E-state index contributed by atoms with van der Waals surface area (Å²) < 4.78 is 4.35. The molecule has 1 saturated heterocycles. The summed E-state index contributed by atoms with van der Waals surface area (Å²) in [4.78, 5) is 0. The van der Waals surface area contributed by atoms with E-state index in [1.165, 1.54) is 54.0 Å². The third-order valence-corrected chi connectivity index (χ3v) is 18.7. The van der Waals surface area contributed by atoms with Crippen molar-refractivity contribution in [2.75, 3.05) is 0 Å². The molecule has 0 spiro atoms. The molecule has 220 valence electrons. The first-order valence-electron chi connectivity index (χ1n) is 16.0. The zero-order valence-corrected chi connectivity index (χ0v) is 29.0. The van der Waals surface area contributed by atoms with Gasteiger partial charge in [0, 0.05) is 0 Å². The van der Waals surface area contributed by atoms with Gasteiger partial charge in [0.25, 0.3) is 0 Å². The third kappa shape index (κ3) is 5.34. The van der Waals surface area contributed by atoms with Crippen LogP contribution >= 0.6 is 0 Å². The van der Waals surface area contributed by atoms with E-state index >= 15 is 0 Å². The molecule has 3 aliphatic rings. The molecule has 1 fully saturated rings. The van der Waals surface area contributed by atoms with E-state index in [-0.39, 0.29) is 24.8 Å². The Morgan fingerprint density at radius 3 is 1.23 bits per heavy atom. The fraction of sp³-hybridized carbons (Fsp3) is 0.300. The maximum absolute atomic E-state index is 2.62. The van der Waals surface area contributed by atoms with Crippen LogP contribution in [0.25, 0.3) is 34.4 Å². The van der Waals surface area contributed by atoms with Gasteiger partial charge in [0.2, 0.25) is 0 Å². The van der Waals surface area contributed by atoms with Crippen LogP contribution in [0.2, 0.25) is 9.45 Å². The van der Waals surface area contributed by atoms with Gasteiger partial charge in [0.05, 0.1) is 0 Å². The van der Waals surface area contributed by atoms with Crippen LogP contribution < -0.4 is 24.8 Å². The van der Waals surface area contributed by atoms with E-state index < -0.39 is 16.6 Å². The van der Waals surface area contributed by atoms with Gasteiger partial charge < -0.3 is 24.8 Å². The van der Waals surface area contributed by atoms with Crippen LogP contribution in [0.3, 0.4) is 0 Å². The molecule has 0 radical (unpaired) electrons. The minimum absolute atomic E-state index is 0. The Hall–Kier alpha value is -2.35. The fourth-order valence-electron chi connectivity index (χ4n) is 8.13. The molecule has 2 aliphatic carbocycles. The minimum atomic E-state index is -2.35. The Balaban J connectivity index is 0.00000184. The van der Waals surface area contributed by atoms with Gasteiger partial charge in [0.15, 0.2) is 0 Å². The maximum Gasteiger partial charge on any atom is -1.00 e. The molecular weight excluding hydrogens is 599 g/mol. The second-order valence-corrected chi connectivity index (χ2v) is 19.7. The second kappa shape index (κ2) is 12.9. The molecule has 0 saturated carbocycles. The van der Waals surface area contributed by atoms with Gasteiger partial charge in [-0.25, -0.2) is 0 Å². The summed E-state index contributed by atoms with van der Waals surface area (Å²) in [6, 6.07) is 33.0. The summed E-state index contributed by atoms with van der Waals surface area (Å²) in [6.45, 7) is 9.27. The van der Waals surface area contributed by atoms with E-state index in [0.717, 1.165) is 25.7 Å². The first-order chi connectivity index (χ1) is 20.1. The zero-order chi connectivity index (χ0) is 28.1. The average Bonchev–Trinajstić information content (AvgIpc) is 3.56. The number of hydrogen-bond donors (Lipinski definition) is 0. The molecule has 0 bridgehead atoms. The molecule has 43 heavy (non-hydrogen) atoms. The van der Waals surface area contributed by atoms with Crippen molar-refractivity contribution in [3.8, 4) is 22.3 Å². The number of rotatable bonds is 8. The van der Waals surface area contributed by atoms with Gasteiger partial charge >= 0.3 is 252 Å². The van der Waals surface area contributed by atoms with Crippen molar-refractivity contribution in [3.63, 3.8) is 0 Å². The first kappa shape index (κ1) is 32.1. The molecule has 4 aromatic rings. The normalized spacial score (nSPS) is 18.2. The smallest absolute Gasteiger partial charge is 1.00 e. The molecule has 1 heterocycles. The van der Waals surface area contributed by atoms with E-state index in [1.54, 1.807) is 22.3 Å². The van der Waals surface area contributed by atoms with Crippen molar-refractivity contribution >= 4 is 12.2 Å². The van der Waals surface area contributed by atoms with Crippen LogP contribution in [0.5, 0.6) is 0 Å². The Morgan fingerprint density at radius 2 is 0.907 bits per heavy atom. The Labute approximate surface area is 274 Å². The second-order valence-electron chi connectivity index (χ2n) is 12.5. The molecule has 0 aromatic heterocycles. The first-order valence-corrected chi connectivity index (χ1v) is 20.0. The molecule has 2 atom stereocenters. The van der Waals surface area contributed by atoms with Crippen molar-refractivity contribution in [2.24, 2.45) is 0 Å². The molecule has 7 rings (SSSR count). The molecule has 3 heteroatoms. The SMILES string of the molecule is CCC1=Cc2c(-c3ccc(CC)cc3)cccc2[CH]1[Ti+2]1([CH]2C(CC)=Cc3c(-c4ccc(CC)cc4)cccc32)[CH2][CH2]1.[Cl-].[Cl-]. The van der Waals surface area contributed by atoms with E-state index in [1.807, 2.05) is 0 Å². The van der Waals surface area contributed by atoms with Gasteiger partial charge in [-0.2, -0.15) is 0 Å². The van der Waals surface area contributed by atoms with E-state index in [9.17, 15) is 0 Å². The van der Waals surface area contributed by atoms with Crippen molar-refractivity contribution in [1.82, 2.24) is 0 Å². The molecule has 0 nitrogen and oxygen atoms in total. The Kier molecular flexibility index (Phi) is 9.65. The quantitative estimate of drug-likeness (QED) is 0.222. The largest absolute Gasteiger partial charge is 1.00 e. The van der Waals surface area contributed by atoms with Crippen molar-refractivity contribution in [3.05, 3.63) is 129 Å². The molecular formula is C40H42Cl2Ti. The fourth-order valence-corrected chi connectivity index (χ4v) is 18.7. The van der Waals surface area contributed by atoms with Crippen molar-refractivity contribution < 1.29 is 41.4 Å². The number of aryl methyl sites for hydroxylation is 2. The summed E-state index contributed by atoms with van der Waals surface area (Å²) in [6.07, 6.45) is 9.74. The number of allylic oxidation sites excluding steroid dienone is 2. The van der Waals surface area contributed by atoms with Crippen LogP contribution in [0.15, 0.2) is 96.1 Å². The van der Waals surface area contributed by atoms with E-state index in [0.29, 0.717) is 8.45 Å². The summed E-state index contributed by atoms with van der Waals surface area (Å²) in [5.74, 6) is 0. The third-order valence-electron chi connectivity index (χ3n) is 10.4. The molecule has 4 aromatic carbocycles. The summed E-state index contributed by atoms with van der Waals surface area (Å²) >= 11 is -2.35. The van der Waals surface area contributed by atoms with Crippen LogP contribution in [0, 0.1) is 0 Å². The molecule has 0 N–H and O–H groups in total. The predicted molar refractivity (Wildman–Crippen MR) is 174 cm³/mol. The Bertz CT molecular complexity index is 1550. The maximum atomic E-state index is 2.62. The van der Waals surface area contributed by atoms with Gasteiger partial charge in [-0.05, 0) is 0 Å². The standard InChI is InChI=1S/2C19H19.C2H4.2ClH.Ti/c2*1-3-14-8-10-16(11-9-14)18-7-5-6-17-12-15(4-2)13-19(17)18;1-2;;;/h2*5-13H,3-4H2,1-2H3;1-2H2;2*1H;/q;;;;;+2/p-2. The minimum Gasteiger partial charge on any atom is -1.00 e. The molecule has 2 unspecified atom stereocenters. The van der Waals surface area contributed by atoms with Gasteiger partial charge in [-0.15, -0.1) is 0 Å². The van der Waals surface area contributed by atoms with Gasteiger partial charge in [0.1, 0.15) is 0 Å². The van der Waals surface area contributed by atoms with Gasteiger partial charge in [-0.1, -0.05) is 0 Å². The van der Waals surface area contributed by atoms with E-state index in [4.69, 9.17) is 0 Å². The topological polar surface area (TPSA) is 0 Å². The Morgan fingerprint density at radius 1 is 0.512 bits per heavy atom. The summed E-state index contributed by atoms with van der Waals surface area (Å²) in [5, 5.41) is 0. The summed E-state index contributed by atoms with van der Waals surface area (Å²) in [7, 11) is 0. The molecule has 1 aliphatic heterocycles. The monoisotopic (exact) mass is 640 g/mol. The van der Waals surface area contributed by atoms with Crippen LogP contribution in [-0.2, 0) is 29.4 Å². The number of fused-ring (bicyclic) bond motifs is 2. The predicted octanol–water partition coefficient (Wildman–Crippen LogP) is 5.55. The number of halogens is 2. The zero-order valence-electron chi connectivity index (χ0n) is 25.9. The van der Waals surface area contributed by atoms with Crippen LogP contribution in [0.4, 0.5) is 0 Å². The van der Waals surface area contributed by atoms with Crippen LogP contribution in [0.1, 0.15) is 82.4 Å². The summed E-state index contributed by atoms with van der Waals surface area (Å²) in [5.41, 5.74) is 18.1. The van der Waals surface area contributed by atoms with Crippen molar-refractivity contribution in [1.29, 1.82) is 0 Å². The average molecular weight is 642 g/mol. The number of hydrogen-bond acceptors (Lipinski definition) is 0. The number of benzene rings is 4. The molecule has 0 amide bonds. The van der Waals surface area contributed by atoms with Crippen molar-refractivity contribution in [2.45, 2.75) is 71.3 Å². The van der Waals surface area contributed by atoms with E-state index in [2.05, 4.69) is 125 Å². The van der Waals surface area contributed by atoms with Crippen LogP contribution in [-0.4, -0.2) is 0 Å².